The van der Waals surface area contributed by atoms with Crippen LogP contribution in [0.4, 0.5) is 0 Å². The lowest BCUT2D eigenvalue weighted by molar-refractivity contribution is -0.148. The molecule has 0 aromatic heterocycles. The molecule has 15 heavy (non-hydrogen) atoms. The van der Waals surface area contributed by atoms with Gasteiger partial charge in [-0.1, -0.05) is 6.92 Å². The van der Waals surface area contributed by atoms with E-state index in [1.165, 1.54) is 7.11 Å². The molecule has 0 bridgehead atoms. The first-order chi connectivity index (χ1) is 7.10. The summed E-state index contributed by atoms with van der Waals surface area (Å²) < 4.78 is 4.78. The van der Waals surface area contributed by atoms with Crippen LogP contribution >= 0.6 is 0 Å². The van der Waals surface area contributed by atoms with Crippen molar-refractivity contribution in [3.63, 3.8) is 0 Å². The van der Waals surface area contributed by atoms with Gasteiger partial charge in [-0.2, -0.15) is 0 Å². The van der Waals surface area contributed by atoms with Gasteiger partial charge in [0.15, 0.2) is 0 Å². The Morgan fingerprint density at radius 2 is 2.33 bits per heavy atom. The van der Waals surface area contributed by atoms with Crippen LogP contribution in [-0.2, 0) is 9.53 Å². The highest BCUT2D eigenvalue weighted by atomic mass is 16.5. The maximum absolute atomic E-state index is 11.5. The fourth-order valence-corrected chi connectivity index (χ4v) is 2.05. The summed E-state index contributed by atoms with van der Waals surface area (Å²) >= 11 is 0. The van der Waals surface area contributed by atoms with Crippen LogP contribution in [0.15, 0.2) is 0 Å². The van der Waals surface area contributed by atoms with E-state index in [4.69, 9.17) is 10.5 Å². The van der Waals surface area contributed by atoms with Gasteiger partial charge >= 0.3 is 5.97 Å². The summed E-state index contributed by atoms with van der Waals surface area (Å²) in [7, 11) is 1.43. The predicted molar refractivity (Wildman–Crippen MR) is 59.4 cm³/mol. The Labute approximate surface area is 91.8 Å². The van der Waals surface area contributed by atoms with E-state index in [2.05, 4.69) is 18.7 Å². The molecule has 1 heterocycles. The number of likely N-dealkylation sites (tertiary alicyclic amines) is 1. The molecule has 0 aromatic rings. The molecule has 1 aliphatic heterocycles. The van der Waals surface area contributed by atoms with Crippen molar-refractivity contribution in [2.45, 2.75) is 38.8 Å². The summed E-state index contributed by atoms with van der Waals surface area (Å²) in [5.41, 5.74) is 5.93. The molecule has 88 valence electrons. The molecule has 1 rings (SSSR count). The number of hydrogen-bond acceptors (Lipinski definition) is 4. The number of carbonyl (C=O) groups excluding carboxylic acids is 1. The zero-order chi connectivity index (χ0) is 11.4. The van der Waals surface area contributed by atoms with Gasteiger partial charge in [0.25, 0.3) is 0 Å². The highest BCUT2D eigenvalue weighted by Gasteiger charge is 2.33. The number of nitrogens with zero attached hydrogens (tertiary/aromatic N) is 1. The van der Waals surface area contributed by atoms with E-state index in [1.807, 2.05) is 0 Å². The van der Waals surface area contributed by atoms with Crippen LogP contribution in [0.1, 0.15) is 26.7 Å². The van der Waals surface area contributed by atoms with Gasteiger partial charge in [0.2, 0.25) is 0 Å². The molecule has 0 saturated carbocycles. The van der Waals surface area contributed by atoms with E-state index in [0.717, 1.165) is 25.9 Å². The highest BCUT2D eigenvalue weighted by Crippen LogP contribution is 2.19. The summed E-state index contributed by atoms with van der Waals surface area (Å²) in [6.07, 6.45) is 1.98. The number of piperidine rings is 1. The minimum atomic E-state index is -0.171. The lowest BCUT2D eigenvalue weighted by atomic mass is 9.92. The second-order valence-corrected chi connectivity index (χ2v) is 4.33. The normalized spacial score (nSPS) is 29.9. The second kappa shape index (κ2) is 5.47. The Hall–Kier alpha value is -0.610. The van der Waals surface area contributed by atoms with Crippen molar-refractivity contribution in [3.05, 3.63) is 0 Å². The van der Waals surface area contributed by atoms with Crippen molar-refractivity contribution in [1.82, 2.24) is 4.90 Å². The topological polar surface area (TPSA) is 55.6 Å². The highest BCUT2D eigenvalue weighted by molar-refractivity contribution is 5.73. The monoisotopic (exact) mass is 214 g/mol. The molecule has 3 atom stereocenters. The van der Waals surface area contributed by atoms with Gasteiger partial charge < -0.3 is 10.5 Å². The van der Waals surface area contributed by atoms with Crippen LogP contribution < -0.4 is 5.73 Å². The summed E-state index contributed by atoms with van der Waals surface area (Å²) in [6, 6.07) is 0.474. The van der Waals surface area contributed by atoms with Crippen molar-refractivity contribution in [1.29, 1.82) is 0 Å². The minimum Gasteiger partial charge on any atom is -0.469 e. The largest absolute Gasteiger partial charge is 0.469 e. The number of nitrogens with two attached hydrogens (primary N) is 1. The molecule has 0 radical (unpaired) electrons. The van der Waals surface area contributed by atoms with E-state index < -0.39 is 0 Å². The van der Waals surface area contributed by atoms with E-state index in [-0.39, 0.29) is 17.9 Å². The Morgan fingerprint density at radius 1 is 1.67 bits per heavy atom. The molecule has 4 nitrogen and oxygen atoms in total. The van der Waals surface area contributed by atoms with Gasteiger partial charge in [0.1, 0.15) is 0 Å². The molecule has 0 spiro atoms. The van der Waals surface area contributed by atoms with Crippen molar-refractivity contribution >= 4 is 5.97 Å². The van der Waals surface area contributed by atoms with Crippen molar-refractivity contribution in [2.24, 2.45) is 11.7 Å². The average molecular weight is 214 g/mol. The predicted octanol–water partition coefficient (Wildman–Crippen LogP) is 0.607. The van der Waals surface area contributed by atoms with E-state index >= 15 is 0 Å². The van der Waals surface area contributed by atoms with Crippen molar-refractivity contribution in [2.75, 3.05) is 20.2 Å². The summed E-state index contributed by atoms with van der Waals surface area (Å²) in [5.74, 6) is -0.326. The minimum absolute atomic E-state index is 0.0437. The van der Waals surface area contributed by atoms with Crippen molar-refractivity contribution < 1.29 is 9.53 Å². The van der Waals surface area contributed by atoms with Crippen LogP contribution in [0.5, 0.6) is 0 Å². The van der Waals surface area contributed by atoms with E-state index in [9.17, 15) is 4.79 Å². The number of methoxy groups -OCH3 is 1. The first-order valence-electron chi connectivity index (χ1n) is 5.67. The lowest BCUT2D eigenvalue weighted by Gasteiger charge is -2.38. The van der Waals surface area contributed by atoms with Crippen LogP contribution in [0, 0.1) is 5.92 Å². The number of rotatable bonds is 3. The average Bonchev–Trinajstić information content (AvgIpc) is 2.27. The summed E-state index contributed by atoms with van der Waals surface area (Å²) in [6.45, 7) is 6.07. The van der Waals surface area contributed by atoms with E-state index in [1.54, 1.807) is 0 Å². The Kier molecular flexibility index (Phi) is 4.54. The van der Waals surface area contributed by atoms with E-state index in [0.29, 0.717) is 6.04 Å². The molecular weight excluding hydrogens is 192 g/mol. The van der Waals surface area contributed by atoms with Gasteiger partial charge in [-0.25, -0.2) is 0 Å². The van der Waals surface area contributed by atoms with Crippen LogP contribution in [0.25, 0.3) is 0 Å². The molecule has 1 saturated heterocycles. The maximum atomic E-state index is 11.5. The molecule has 2 N–H and O–H groups in total. The number of hydrogen-bond donors (Lipinski definition) is 1. The number of ether oxygens (including phenoxy) is 1. The lowest BCUT2D eigenvalue weighted by Crippen LogP contribution is -2.52. The molecule has 0 amide bonds. The molecule has 0 aromatic carbocycles. The first-order valence-corrected chi connectivity index (χ1v) is 5.67. The van der Waals surface area contributed by atoms with Crippen LogP contribution in [-0.4, -0.2) is 43.2 Å². The third-order valence-corrected chi connectivity index (χ3v) is 3.42. The first kappa shape index (κ1) is 12.5. The van der Waals surface area contributed by atoms with Gasteiger partial charge in [-0.15, -0.1) is 0 Å². The van der Waals surface area contributed by atoms with Crippen LogP contribution in [0.3, 0.4) is 0 Å². The fraction of sp³-hybridized carbons (Fsp3) is 0.909. The zero-order valence-electron chi connectivity index (χ0n) is 9.90. The Bertz CT molecular complexity index is 221. The Morgan fingerprint density at radius 3 is 2.87 bits per heavy atom. The number of carbonyl (C=O) groups is 1. The maximum Gasteiger partial charge on any atom is 0.311 e. The molecule has 0 aliphatic carbocycles. The Balaban J connectivity index is 2.59. The third kappa shape index (κ3) is 2.92. The smallest absolute Gasteiger partial charge is 0.311 e. The molecule has 1 fully saturated rings. The number of esters is 1. The zero-order valence-corrected chi connectivity index (χ0v) is 9.90. The van der Waals surface area contributed by atoms with Gasteiger partial charge in [0.05, 0.1) is 13.0 Å². The van der Waals surface area contributed by atoms with Gasteiger partial charge in [-0.3, -0.25) is 9.69 Å². The molecule has 1 aliphatic rings. The van der Waals surface area contributed by atoms with Crippen molar-refractivity contribution in [3.8, 4) is 0 Å². The summed E-state index contributed by atoms with van der Waals surface area (Å²) in [4.78, 5) is 13.8. The fourth-order valence-electron chi connectivity index (χ4n) is 2.05. The summed E-state index contributed by atoms with van der Waals surface area (Å²) in [5, 5.41) is 0. The third-order valence-electron chi connectivity index (χ3n) is 3.42. The van der Waals surface area contributed by atoms with Gasteiger partial charge in [-0.05, 0) is 26.3 Å². The molecular formula is C11H22N2O2. The van der Waals surface area contributed by atoms with Gasteiger partial charge in [0, 0.05) is 18.6 Å². The SMILES string of the molecule is CCC(C)N1CC[C@@H](N)[C@H](C(=O)OC)C1. The molecule has 4 heteroatoms. The quantitative estimate of drug-likeness (QED) is 0.699. The second-order valence-electron chi connectivity index (χ2n) is 4.33. The van der Waals surface area contributed by atoms with Crippen LogP contribution in [0.2, 0.25) is 0 Å². The molecule has 1 unspecified atom stereocenters. The standard InChI is InChI=1S/C11H22N2O2/c1-4-8(2)13-6-5-10(12)9(7-13)11(14)15-3/h8-10H,4-7,12H2,1-3H3/t8?,9-,10-/m1/s1.